The number of ether oxygens (including phenoxy) is 1. The molecule has 0 aliphatic carbocycles. The Balaban J connectivity index is 1.72. The number of aromatic nitrogens is 1. The second-order valence-electron chi connectivity index (χ2n) is 8.55. The minimum atomic E-state index is -4.89. The summed E-state index contributed by atoms with van der Waals surface area (Å²) in [7, 11) is -4.89. The molecule has 3 rings (SSSR count). The van der Waals surface area contributed by atoms with Gasteiger partial charge in [0.05, 0.1) is 23.8 Å². The summed E-state index contributed by atoms with van der Waals surface area (Å²) in [5, 5.41) is 14.6. The molecule has 0 unspecified atom stereocenters. The first-order valence-corrected chi connectivity index (χ1v) is 13.6. The molecule has 40 heavy (non-hydrogen) atoms. The van der Waals surface area contributed by atoms with Gasteiger partial charge in [-0.3, -0.25) is 19.6 Å². The van der Waals surface area contributed by atoms with Crippen LogP contribution in [0.2, 0.25) is 5.02 Å². The number of hydrogen-bond donors (Lipinski definition) is 5. The van der Waals surface area contributed by atoms with Crippen molar-refractivity contribution in [1.29, 1.82) is 0 Å². The number of carbonyl (C=O) groups is 2. The van der Waals surface area contributed by atoms with Crippen molar-refractivity contribution in [2.24, 2.45) is 0 Å². The molecule has 3 aromatic rings. The minimum absolute atomic E-state index is 0.0528. The highest BCUT2D eigenvalue weighted by Crippen LogP contribution is 2.36. The number of aliphatic hydroxyl groups is 1. The Morgan fingerprint density at radius 2 is 1.90 bits per heavy atom. The fourth-order valence-electron chi connectivity index (χ4n) is 3.66. The SMILES string of the molecule is CC(=O)N(NCc1cccc(F)c1Cl)[C@H](COC(=O)Nc1cc2cc(F)ccc2cn1)C[C@@H](O)COP(=O)(O)O. The summed E-state index contributed by atoms with van der Waals surface area (Å²) in [6, 6.07) is 8.46. The van der Waals surface area contributed by atoms with Gasteiger partial charge in [-0.25, -0.2) is 28.6 Å². The van der Waals surface area contributed by atoms with Gasteiger partial charge in [-0.15, -0.1) is 0 Å². The van der Waals surface area contributed by atoms with E-state index in [1.165, 1.54) is 49.5 Å². The van der Waals surface area contributed by atoms with Crippen LogP contribution in [-0.2, 0) is 25.2 Å². The highest BCUT2D eigenvalue weighted by molar-refractivity contribution is 7.46. The maximum absolute atomic E-state index is 13.8. The van der Waals surface area contributed by atoms with Crippen LogP contribution in [-0.4, -0.2) is 62.2 Å². The second-order valence-corrected chi connectivity index (χ2v) is 10.2. The van der Waals surface area contributed by atoms with Crippen molar-refractivity contribution in [2.45, 2.75) is 32.0 Å². The van der Waals surface area contributed by atoms with Crippen LogP contribution in [0.1, 0.15) is 18.9 Å². The van der Waals surface area contributed by atoms with E-state index >= 15 is 0 Å². The number of nitrogens with one attached hydrogen (secondary N) is 2. The van der Waals surface area contributed by atoms with Crippen molar-refractivity contribution in [3.63, 3.8) is 0 Å². The minimum Gasteiger partial charge on any atom is -0.447 e. The van der Waals surface area contributed by atoms with Crippen LogP contribution in [0, 0.1) is 11.6 Å². The van der Waals surface area contributed by atoms with Crippen molar-refractivity contribution >= 4 is 48.0 Å². The molecule has 0 aliphatic rings. The van der Waals surface area contributed by atoms with Gasteiger partial charge in [0, 0.05) is 31.5 Å². The summed E-state index contributed by atoms with van der Waals surface area (Å²) >= 11 is 5.98. The summed E-state index contributed by atoms with van der Waals surface area (Å²) in [5.74, 6) is -1.70. The van der Waals surface area contributed by atoms with E-state index in [1.54, 1.807) is 0 Å². The van der Waals surface area contributed by atoms with Crippen molar-refractivity contribution in [3.8, 4) is 0 Å². The van der Waals surface area contributed by atoms with Crippen LogP contribution in [0.3, 0.4) is 0 Å². The standard InChI is InChI=1S/C24H26ClF2N4O8P/c1-14(32)31(29-11-16-3-2-4-21(27)23(16)25)19(9-20(33)13-39-40(35,36)37)12-38-24(34)30-22-8-17-7-18(26)6-5-15(17)10-28-22/h2-8,10,19-20,29,33H,9,11-13H2,1H3,(H,28,30,34)(H2,35,36,37)/t19-,20+/m0/s1. The Kier molecular flexibility index (Phi) is 10.9. The molecular formula is C24H26ClF2N4O8P. The van der Waals surface area contributed by atoms with Gasteiger partial charge >= 0.3 is 13.9 Å². The third kappa shape index (κ3) is 9.45. The van der Waals surface area contributed by atoms with Crippen molar-refractivity contribution in [2.75, 3.05) is 18.5 Å². The van der Waals surface area contributed by atoms with E-state index in [4.69, 9.17) is 26.1 Å². The van der Waals surface area contributed by atoms with E-state index in [1.807, 2.05) is 0 Å². The van der Waals surface area contributed by atoms with E-state index < -0.39 is 56.8 Å². The molecule has 2 amide bonds. The molecule has 0 fully saturated rings. The number of rotatable bonds is 12. The van der Waals surface area contributed by atoms with E-state index in [0.717, 1.165) is 11.1 Å². The normalized spacial score (nSPS) is 13.1. The lowest BCUT2D eigenvalue weighted by Gasteiger charge is -2.32. The van der Waals surface area contributed by atoms with Gasteiger partial charge in [0.2, 0.25) is 5.91 Å². The third-order valence-corrected chi connectivity index (χ3v) is 6.38. The number of amides is 2. The number of benzene rings is 2. The second kappa shape index (κ2) is 13.9. The number of carbonyl (C=O) groups excluding carboxylic acids is 2. The fraction of sp³-hybridized carbons (Fsp3) is 0.292. The summed E-state index contributed by atoms with van der Waals surface area (Å²) in [4.78, 5) is 46.8. The molecule has 0 saturated carbocycles. The first kappa shape index (κ1) is 31.3. The largest absolute Gasteiger partial charge is 0.469 e. The molecule has 0 saturated heterocycles. The Bertz CT molecular complexity index is 1410. The maximum atomic E-state index is 13.8. The van der Waals surface area contributed by atoms with E-state index in [9.17, 15) is 28.0 Å². The van der Waals surface area contributed by atoms with E-state index in [-0.39, 0.29) is 23.8 Å². The summed E-state index contributed by atoms with van der Waals surface area (Å²) in [5.41, 5.74) is 3.05. The molecule has 2 atom stereocenters. The number of phosphoric ester groups is 1. The highest BCUT2D eigenvalue weighted by Gasteiger charge is 2.28. The quantitative estimate of drug-likeness (QED) is 0.153. The van der Waals surface area contributed by atoms with Crippen LogP contribution in [0.25, 0.3) is 10.8 Å². The summed E-state index contributed by atoms with van der Waals surface area (Å²) in [6.07, 6.45) is -1.43. The van der Waals surface area contributed by atoms with Crippen molar-refractivity contribution in [1.82, 2.24) is 15.4 Å². The van der Waals surface area contributed by atoms with Gasteiger partial charge in [-0.05, 0) is 41.3 Å². The van der Waals surface area contributed by atoms with Gasteiger partial charge in [-0.2, -0.15) is 0 Å². The zero-order valence-electron chi connectivity index (χ0n) is 21.0. The van der Waals surface area contributed by atoms with Crippen LogP contribution in [0.5, 0.6) is 0 Å². The third-order valence-electron chi connectivity index (χ3n) is 5.48. The number of hydrogen-bond acceptors (Lipinski definition) is 8. The molecule has 0 bridgehead atoms. The van der Waals surface area contributed by atoms with Crippen LogP contribution >= 0.6 is 19.4 Å². The molecule has 12 nitrogen and oxygen atoms in total. The highest BCUT2D eigenvalue weighted by atomic mass is 35.5. The average Bonchev–Trinajstić information content (AvgIpc) is 2.87. The van der Waals surface area contributed by atoms with Gasteiger partial charge in [0.1, 0.15) is 24.1 Å². The Morgan fingerprint density at radius 3 is 2.60 bits per heavy atom. The number of aliphatic hydroxyl groups excluding tert-OH is 1. The summed E-state index contributed by atoms with van der Waals surface area (Å²) < 4.78 is 47.9. The molecule has 0 aliphatic heterocycles. The Morgan fingerprint density at radius 1 is 1.15 bits per heavy atom. The lowest BCUT2D eigenvalue weighted by molar-refractivity contribution is -0.137. The first-order chi connectivity index (χ1) is 18.8. The number of halogens is 3. The molecule has 2 aromatic carbocycles. The van der Waals surface area contributed by atoms with E-state index in [0.29, 0.717) is 16.3 Å². The zero-order valence-corrected chi connectivity index (χ0v) is 22.6. The van der Waals surface area contributed by atoms with Gasteiger partial charge in [0.25, 0.3) is 0 Å². The monoisotopic (exact) mass is 602 g/mol. The lowest BCUT2D eigenvalue weighted by Crippen LogP contribution is -2.52. The number of hydrazine groups is 1. The topological polar surface area (TPSA) is 171 Å². The number of fused-ring (bicyclic) bond motifs is 1. The molecular weight excluding hydrogens is 577 g/mol. The van der Waals surface area contributed by atoms with Crippen LogP contribution in [0.4, 0.5) is 19.4 Å². The van der Waals surface area contributed by atoms with Crippen molar-refractivity contribution < 1.29 is 47.1 Å². The first-order valence-electron chi connectivity index (χ1n) is 11.7. The van der Waals surface area contributed by atoms with Crippen molar-refractivity contribution in [3.05, 3.63) is 70.9 Å². The Hall–Kier alpha value is -3.23. The fourth-order valence-corrected chi connectivity index (χ4v) is 4.22. The molecule has 0 spiro atoms. The lowest BCUT2D eigenvalue weighted by atomic mass is 10.1. The summed E-state index contributed by atoms with van der Waals surface area (Å²) in [6.45, 7) is -0.258. The number of phosphoric acid groups is 1. The van der Waals surface area contributed by atoms with Gasteiger partial charge in [0.15, 0.2) is 0 Å². The molecule has 0 radical (unpaired) electrons. The van der Waals surface area contributed by atoms with Gasteiger partial charge in [-0.1, -0.05) is 23.7 Å². The van der Waals surface area contributed by atoms with Crippen LogP contribution in [0.15, 0.2) is 48.7 Å². The van der Waals surface area contributed by atoms with Gasteiger partial charge < -0.3 is 19.6 Å². The number of nitrogens with zero attached hydrogens (tertiary/aromatic N) is 2. The predicted molar refractivity (Wildman–Crippen MR) is 140 cm³/mol. The average molecular weight is 603 g/mol. The molecule has 1 aromatic heterocycles. The Labute approximate surface area is 232 Å². The molecule has 16 heteroatoms. The zero-order chi connectivity index (χ0) is 29.4. The number of anilines is 1. The molecule has 1 heterocycles. The van der Waals surface area contributed by atoms with E-state index in [2.05, 4.69) is 20.3 Å². The predicted octanol–water partition coefficient (Wildman–Crippen LogP) is 3.50. The number of pyridine rings is 1. The molecule has 216 valence electrons. The maximum Gasteiger partial charge on any atom is 0.469 e. The van der Waals surface area contributed by atoms with Crippen LogP contribution < -0.4 is 10.7 Å². The molecule has 5 N–H and O–H groups in total. The smallest absolute Gasteiger partial charge is 0.447 e.